The molecule has 4 nitrogen and oxygen atoms in total. The van der Waals surface area contributed by atoms with Gasteiger partial charge >= 0.3 is 5.97 Å². The molecule has 106 valence electrons. The van der Waals surface area contributed by atoms with Gasteiger partial charge in [-0.15, -0.1) is 11.3 Å². The maximum atomic E-state index is 11.5. The number of thioether (sulfide) groups is 1. The van der Waals surface area contributed by atoms with Crippen LogP contribution in [0.1, 0.15) is 35.3 Å². The van der Waals surface area contributed by atoms with Gasteiger partial charge in [-0.05, 0) is 31.3 Å². The van der Waals surface area contributed by atoms with E-state index in [-0.39, 0.29) is 5.97 Å². The number of nitrogens with one attached hydrogen (secondary N) is 1. The molecule has 0 atom stereocenters. The topological polar surface area (TPSA) is 51.2 Å². The van der Waals surface area contributed by atoms with E-state index in [2.05, 4.69) is 10.3 Å². The Hall–Kier alpha value is -0.590. The molecule has 1 saturated heterocycles. The highest BCUT2D eigenvalue weighted by Gasteiger charge is 2.14. The monoisotopic (exact) mass is 300 g/mol. The van der Waals surface area contributed by atoms with Crippen molar-refractivity contribution in [1.82, 2.24) is 10.3 Å². The highest BCUT2D eigenvalue weighted by molar-refractivity contribution is 7.99. The third kappa shape index (κ3) is 4.78. The first-order valence-electron chi connectivity index (χ1n) is 6.72. The van der Waals surface area contributed by atoms with Crippen molar-refractivity contribution >= 4 is 29.1 Å². The van der Waals surface area contributed by atoms with Crippen LogP contribution >= 0.6 is 23.1 Å². The van der Waals surface area contributed by atoms with E-state index in [0.717, 1.165) is 18.0 Å². The molecule has 0 aliphatic carbocycles. The van der Waals surface area contributed by atoms with E-state index in [0.29, 0.717) is 18.3 Å². The Balaban J connectivity index is 1.72. The van der Waals surface area contributed by atoms with E-state index in [1.165, 1.54) is 35.7 Å². The van der Waals surface area contributed by atoms with Crippen LogP contribution in [0.5, 0.6) is 0 Å². The smallest absolute Gasteiger partial charge is 0.357 e. The number of nitrogens with zero attached hydrogens (tertiary/aromatic N) is 1. The zero-order valence-electron chi connectivity index (χ0n) is 11.2. The minimum atomic E-state index is -0.317. The molecule has 1 fully saturated rings. The standard InChI is InChI=1S/C13H20N2O2S2/c1-2-17-13(16)11-9-19-12(15-11)3-6-14-10-4-7-18-8-5-10/h9-10,14H,2-8H2,1H3. The van der Waals surface area contributed by atoms with Gasteiger partial charge in [-0.1, -0.05) is 0 Å². The normalized spacial score (nSPS) is 16.5. The lowest BCUT2D eigenvalue weighted by atomic mass is 10.1. The minimum absolute atomic E-state index is 0.317. The molecule has 0 radical (unpaired) electrons. The van der Waals surface area contributed by atoms with Crippen LogP contribution in [0.15, 0.2) is 5.38 Å². The number of aromatic nitrogens is 1. The number of ether oxygens (including phenoxy) is 1. The van der Waals surface area contributed by atoms with Gasteiger partial charge in [-0.3, -0.25) is 0 Å². The predicted molar refractivity (Wildman–Crippen MR) is 80.1 cm³/mol. The van der Waals surface area contributed by atoms with Crippen LogP contribution in [0.25, 0.3) is 0 Å². The van der Waals surface area contributed by atoms with Crippen molar-refractivity contribution in [1.29, 1.82) is 0 Å². The molecule has 0 bridgehead atoms. The molecule has 1 aliphatic heterocycles. The first-order chi connectivity index (χ1) is 9.29. The molecule has 0 amide bonds. The molecule has 1 N–H and O–H groups in total. The molecule has 0 aromatic carbocycles. The van der Waals surface area contributed by atoms with Gasteiger partial charge in [0.05, 0.1) is 11.6 Å². The van der Waals surface area contributed by atoms with Gasteiger partial charge in [0.2, 0.25) is 0 Å². The summed E-state index contributed by atoms with van der Waals surface area (Å²) < 4.78 is 4.93. The van der Waals surface area contributed by atoms with Crippen molar-refractivity contribution in [2.24, 2.45) is 0 Å². The van der Waals surface area contributed by atoms with Gasteiger partial charge in [-0.2, -0.15) is 11.8 Å². The van der Waals surface area contributed by atoms with Crippen LogP contribution in [-0.2, 0) is 11.2 Å². The van der Waals surface area contributed by atoms with Crippen molar-refractivity contribution < 1.29 is 9.53 Å². The van der Waals surface area contributed by atoms with Crippen LogP contribution in [0.2, 0.25) is 0 Å². The van der Waals surface area contributed by atoms with Gasteiger partial charge in [0.15, 0.2) is 5.69 Å². The first kappa shape index (κ1) is 14.8. The van der Waals surface area contributed by atoms with Crippen molar-refractivity contribution in [2.75, 3.05) is 24.7 Å². The molecule has 1 aromatic heterocycles. The Labute approximate surface area is 122 Å². The van der Waals surface area contributed by atoms with Crippen molar-refractivity contribution in [2.45, 2.75) is 32.2 Å². The summed E-state index contributed by atoms with van der Waals surface area (Å²) in [5.74, 6) is 2.21. The van der Waals surface area contributed by atoms with Gasteiger partial charge in [0.25, 0.3) is 0 Å². The largest absolute Gasteiger partial charge is 0.461 e. The molecule has 2 heterocycles. The molecule has 6 heteroatoms. The SMILES string of the molecule is CCOC(=O)c1csc(CCNC2CCSCC2)n1. The van der Waals surface area contributed by atoms with E-state index in [1.807, 2.05) is 11.8 Å². The maximum Gasteiger partial charge on any atom is 0.357 e. The summed E-state index contributed by atoms with van der Waals surface area (Å²) in [5, 5.41) is 6.35. The summed E-state index contributed by atoms with van der Waals surface area (Å²) in [5.41, 5.74) is 0.441. The summed E-state index contributed by atoms with van der Waals surface area (Å²) in [7, 11) is 0. The highest BCUT2D eigenvalue weighted by atomic mass is 32.2. The second kappa shape index (κ2) is 7.87. The van der Waals surface area contributed by atoms with E-state index < -0.39 is 0 Å². The molecule has 0 spiro atoms. The Bertz CT molecular complexity index is 403. The molecule has 19 heavy (non-hydrogen) atoms. The Morgan fingerprint density at radius 3 is 3.05 bits per heavy atom. The molecule has 0 saturated carbocycles. The van der Waals surface area contributed by atoms with Crippen molar-refractivity contribution in [3.05, 3.63) is 16.1 Å². The summed E-state index contributed by atoms with van der Waals surface area (Å²) in [4.78, 5) is 15.8. The zero-order valence-corrected chi connectivity index (χ0v) is 12.8. The fraction of sp³-hybridized carbons (Fsp3) is 0.692. The number of carbonyl (C=O) groups is 1. The fourth-order valence-corrected chi connectivity index (χ4v) is 3.88. The summed E-state index contributed by atoms with van der Waals surface area (Å²) in [6, 6.07) is 0.658. The van der Waals surface area contributed by atoms with Gasteiger partial charge in [-0.25, -0.2) is 9.78 Å². The second-order valence-electron chi connectivity index (χ2n) is 4.44. The third-order valence-corrected chi connectivity index (χ3v) is 4.99. The number of carbonyl (C=O) groups excluding carboxylic acids is 1. The van der Waals surface area contributed by atoms with E-state index in [9.17, 15) is 4.79 Å². The van der Waals surface area contributed by atoms with E-state index in [4.69, 9.17) is 4.74 Å². The van der Waals surface area contributed by atoms with Crippen LogP contribution in [0.3, 0.4) is 0 Å². The summed E-state index contributed by atoms with van der Waals surface area (Å²) in [6.07, 6.45) is 3.40. The number of thiazole rings is 1. The van der Waals surface area contributed by atoms with Gasteiger partial charge < -0.3 is 10.1 Å². The van der Waals surface area contributed by atoms with Crippen LogP contribution in [0.4, 0.5) is 0 Å². The predicted octanol–water partition coefficient (Wildman–Crippen LogP) is 2.35. The summed E-state index contributed by atoms with van der Waals surface area (Å²) in [6.45, 7) is 3.13. The van der Waals surface area contributed by atoms with Crippen molar-refractivity contribution in [3.63, 3.8) is 0 Å². The molecular weight excluding hydrogens is 280 g/mol. The number of hydrogen-bond acceptors (Lipinski definition) is 6. The molecule has 0 unspecified atom stereocenters. The number of hydrogen-bond donors (Lipinski definition) is 1. The van der Waals surface area contributed by atoms with E-state index in [1.54, 1.807) is 12.3 Å². The quantitative estimate of drug-likeness (QED) is 0.817. The zero-order chi connectivity index (χ0) is 13.5. The van der Waals surface area contributed by atoms with Gasteiger partial charge in [0, 0.05) is 24.4 Å². The van der Waals surface area contributed by atoms with E-state index >= 15 is 0 Å². The lowest BCUT2D eigenvalue weighted by Gasteiger charge is -2.22. The summed E-state index contributed by atoms with van der Waals surface area (Å²) >= 11 is 3.57. The third-order valence-electron chi connectivity index (χ3n) is 3.03. The lowest BCUT2D eigenvalue weighted by molar-refractivity contribution is 0.0520. The molecule has 2 rings (SSSR count). The fourth-order valence-electron chi connectivity index (χ4n) is 2.01. The maximum absolute atomic E-state index is 11.5. The minimum Gasteiger partial charge on any atom is -0.461 e. The lowest BCUT2D eigenvalue weighted by Crippen LogP contribution is -2.33. The first-order valence-corrected chi connectivity index (χ1v) is 8.75. The Morgan fingerprint density at radius 2 is 2.32 bits per heavy atom. The number of esters is 1. The van der Waals surface area contributed by atoms with Crippen LogP contribution in [-0.4, -0.2) is 41.7 Å². The molecular formula is C13H20N2O2S2. The second-order valence-corrected chi connectivity index (χ2v) is 6.61. The average molecular weight is 300 g/mol. The molecule has 1 aromatic rings. The Morgan fingerprint density at radius 1 is 1.53 bits per heavy atom. The highest BCUT2D eigenvalue weighted by Crippen LogP contribution is 2.17. The van der Waals surface area contributed by atoms with Crippen molar-refractivity contribution in [3.8, 4) is 0 Å². The molecule has 1 aliphatic rings. The van der Waals surface area contributed by atoms with Crippen LogP contribution in [0, 0.1) is 0 Å². The van der Waals surface area contributed by atoms with Gasteiger partial charge in [0.1, 0.15) is 0 Å². The number of rotatable bonds is 6. The van der Waals surface area contributed by atoms with Crippen LogP contribution < -0.4 is 5.32 Å². The average Bonchev–Trinajstić information content (AvgIpc) is 2.89. The Kier molecular flexibility index (Phi) is 6.13.